The molecule has 0 radical (unpaired) electrons. The summed E-state index contributed by atoms with van der Waals surface area (Å²) in [5, 5.41) is 3.03. The van der Waals surface area contributed by atoms with Crippen LogP contribution in [-0.2, 0) is 4.74 Å². The molecule has 0 spiro atoms. The number of carbonyl (C=O) groups is 2. The van der Waals surface area contributed by atoms with Crippen molar-refractivity contribution in [3.8, 4) is 0 Å². The first kappa shape index (κ1) is 16.1. The Morgan fingerprint density at radius 2 is 2.12 bits per heavy atom. The first-order valence-corrected chi connectivity index (χ1v) is 8.08. The molecule has 3 rings (SSSR count). The van der Waals surface area contributed by atoms with Gasteiger partial charge in [-0.05, 0) is 39.0 Å². The molecule has 0 saturated heterocycles. The van der Waals surface area contributed by atoms with Crippen molar-refractivity contribution in [2.75, 3.05) is 5.32 Å². The standard InChI is InChI=1S/C16H15N3O4S/c1-8(2)23-15(21)13-9(3)18-16(24-13)19-14(20)10-4-5-12-11(6-10)17-7-22-12/h4-8H,1-3H3,(H,18,19,20). The third-order valence-electron chi connectivity index (χ3n) is 3.14. The topological polar surface area (TPSA) is 94.3 Å². The van der Waals surface area contributed by atoms with Gasteiger partial charge < -0.3 is 9.15 Å². The molecule has 1 N–H and O–H groups in total. The second-order valence-corrected chi connectivity index (χ2v) is 6.38. The first-order chi connectivity index (χ1) is 11.4. The molecule has 24 heavy (non-hydrogen) atoms. The van der Waals surface area contributed by atoms with Gasteiger partial charge >= 0.3 is 5.97 Å². The molecule has 0 aliphatic carbocycles. The number of nitrogens with one attached hydrogen (secondary N) is 1. The molecule has 0 fully saturated rings. The molecule has 3 aromatic rings. The highest BCUT2D eigenvalue weighted by molar-refractivity contribution is 7.17. The van der Waals surface area contributed by atoms with E-state index >= 15 is 0 Å². The van der Waals surface area contributed by atoms with Crippen LogP contribution >= 0.6 is 11.3 Å². The molecular weight excluding hydrogens is 330 g/mol. The van der Waals surface area contributed by atoms with Crippen LogP contribution in [0.2, 0.25) is 0 Å². The zero-order valence-electron chi connectivity index (χ0n) is 13.3. The summed E-state index contributed by atoms with van der Waals surface area (Å²) < 4.78 is 10.3. The largest absolute Gasteiger partial charge is 0.459 e. The molecule has 124 valence electrons. The Bertz CT molecular complexity index is 913. The zero-order valence-corrected chi connectivity index (χ0v) is 14.1. The van der Waals surface area contributed by atoms with Crippen molar-refractivity contribution in [3.05, 3.63) is 40.7 Å². The van der Waals surface area contributed by atoms with Crippen molar-refractivity contribution in [1.82, 2.24) is 9.97 Å². The summed E-state index contributed by atoms with van der Waals surface area (Å²) in [6.07, 6.45) is 1.11. The van der Waals surface area contributed by atoms with Gasteiger partial charge in [0.15, 0.2) is 17.1 Å². The predicted octanol–water partition coefficient (Wildman–Crippen LogP) is 3.41. The predicted molar refractivity (Wildman–Crippen MR) is 89.4 cm³/mol. The number of anilines is 1. The Morgan fingerprint density at radius 3 is 2.88 bits per heavy atom. The molecule has 1 aromatic carbocycles. The van der Waals surface area contributed by atoms with Gasteiger partial charge in [-0.2, -0.15) is 0 Å². The van der Waals surface area contributed by atoms with E-state index in [1.54, 1.807) is 39.0 Å². The molecule has 0 atom stereocenters. The van der Waals surface area contributed by atoms with Crippen LogP contribution in [0, 0.1) is 6.92 Å². The van der Waals surface area contributed by atoms with Crippen LogP contribution in [0.5, 0.6) is 0 Å². The van der Waals surface area contributed by atoms with E-state index < -0.39 is 5.97 Å². The number of amides is 1. The molecule has 8 heteroatoms. The number of nitrogens with zero attached hydrogens (tertiary/aromatic N) is 2. The summed E-state index contributed by atoms with van der Waals surface area (Å²) in [4.78, 5) is 32.9. The molecule has 7 nitrogen and oxygen atoms in total. The second-order valence-electron chi connectivity index (χ2n) is 5.38. The summed E-state index contributed by atoms with van der Waals surface area (Å²) in [5.41, 5.74) is 2.15. The van der Waals surface area contributed by atoms with E-state index in [2.05, 4.69) is 15.3 Å². The molecule has 1 amide bonds. The van der Waals surface area contributed by atoms with Crippen LogP contribution in [0.25, 0.3) is 11.1 Å². The van der Waals surface area contributed by atoms with E-state index in [1.807, 2.05) is 0 Å². The second kappa shape index (κ2) is 6.40. The third-order valence-corrected chi connectivity index (χ3v) is 4.19. The highest BCUT2D eigenvalue weighted by atomic mass is 32.1. The monoisotopic (exact) mass is 345 g/mol. The van der Waals surface area contributed by atoms with Crippen LogP contribution < -0.4 is 5.32 Å². The summed E-state index contributed by atoms with van der Waals surface area (Å²) in [6.45, 7) is 5.25. The number of thiazole rings is 1. The summed E-state index contributed by atoms with van der Waals surface area (Å²) >= 11 is 1.09. The van der Waals surface area contributed by atoms with Crippen molar-refractivity contribution in [1.29, 1.82) is 0 Å². The van der Waals surface area contributed by atoms with Crippen LogP contribution in [-0.4, -0.2) is 27.9 Å². The minimum atomic E-state index is -0.440. The van der Waals surface area contributed by atoms with Crippen LogP contribution in [0.4, 0.5) is 5.13 Å². The Labute approximate surface area is 141 Å². The van der Waals surface area contributed by atoms with E-state index in [0.717, 1.165) is 11.3 Å². The van der Waals surface area contributed by atoms with Gasteiger partial charge in [0.25, 0.3) is 5.91 Å². The summed E-state index contributed by atoms with van der Waals surface area (Å²) in [7, 11) is 0. The van der Waals surface area contributed by atoms with Gasteiger partial charge in [0.1, 0.15) is 10.4 Å². The molecule has 0 bridgehead atoms. The lowest BCUT2D eigenvalue weighted by Crippen LogP contribution is -2.11. The first-order valence-electron chi connectivity index (χ1n) is 7.27. The number of carbonyl (C=O) groups excluding carboxylic acids is 2. The van der Waals surface area contributed by atoms with Gasteiger partial charge in [0.2, 0.25) is 0 Å². The quantitative estimate of drug-likeness (QED) is 0.728. The van der Waals surface area contributed by atoms with Crippen molar-refractivity contribution in [2.45, 2.75) is 26.9 Å². The molecule has 0 aliphatic rings. The number of oxazole rings is 1. The molecule has 0 aliphatic heterocycles. The number of benzene rings is 1. The van der Waals surface area contributed by atoms with E-state index in [1.165, 1.54) is 6.39 Å². The van der Waals surface area contributed by atoms with E-state index in [9.17, 15) is 9.59 Å². The average Bonchev–Trinajstić information content (AvgIpc) is 3.11. The van der Waals surface area contributed by atoms with Crippen LogP contribution in [0.3, 0.4) is 0 Å². The third kappa shape index (κ3) is 3.28. The smallest absolute Gasteiger partial charge is 0.350 e. The Hall–Kier alpha value is -2.74. The van der Waals surface area contributed by atoms with Crippen molar-refractivity contribution >= 4 is 39.4 Å². The van der Waals surface area contributed by atoms with Crippen LogP contribution in [0.15, 0.2) is 29.0 Å². The number of aromatic nitrogens is 2. The van der Waals surface area contributed by atoms with E-state index in [4.69, 9.17) is 9.15 Å². The lowest BCUT2D eigenvalue weighted by atomic mass is 10.2. The minimum absolute atomic E-state index is 0.216. The lowest BCUT2D eigenvalue weighted by Gasteiger charge is -2.05. The normalized spacial score (nSPS) is 11.0. The molecule has 0 saturated carbocycles. The number of aryl methyl sites for hydroxylation is 1. The van der Waals surface area contributed by atoms with E-state index in [0.29, 0.717) is 32.4 Å². The molecule has 2 heterocycles. The Morgan fingerprint density at radius 1 is 1.33 bits per heavy atom. The maximum Gasteiger partial charge on any atom is 0.350 e. The number of rotatable bonds is 4. The number of fused-ring (bicyclic) bond motifs is 1. The lowest BCUT2D eigenvalue weighted by molar-refractivity contribution is 0.0382. The van der Waals surface area contributed by atoms with Gasteiger partial charge in [0.05, 0.1) is 11.8 Å². The van der Waals surface area contributed by atoms with Gasteiger partial charge in [-0.15, -0.1) is 0 Å². The van der Waals surface area contributed by atoms with Crippen molar-refractivity contribution < 1.29 is 18.7 Å². The summed E-state index contributed by atoms with van der Waals surface area (Å²) in [5.74, 6) is -0.776. The minimum Gasteiger partial charge on any atom is -0.459 e. The molecule has 0 unspecified atom stereocenters. The molecule has 2 aromatic heterocycles. The number of hydrogen-bond acceptors (Lipinski definition) is 7. The maximum atomic E-state index is 12.3. The zero-order chi connectivity index (χ0) is 17.3. The van der Waals surface area contributed by atoms with Crippen LogP contribution in [0.1, 0.15) is 39.6 Å². The highest BCUT2D eigenvalue weighted by Crippen LogP contribution is 2.24. The summed E-state index contributed by atoms with van der Waals surface area (Å²) in [6, 6.07) is 4.94. The van der Waals surface area contributed by atoms with E-state index in [-0.39, 0.29) is 12.0 Å². The fourth-order valence-corrected chi connectivity index (χ4v) is 2.92. The SMILES string of the molecule is Cc1nc(NC(=O)c2ccc3ocnc3c2)sc1C(=O)OC(C)C. The maximum absolute atomic E-state index is 12.3. The average molecular weight is 345 g/mol. The number of hydrogen-bond donors (Lipinski definition) is 1. The van der Waals surface area contributed by atoms with Gasteiger partial charge in [-0.25, -0.2) is 14.8 Å². The Kier molecular flexibility index (Phi) is 4.30. The number of ether oxygens (including phenoxy) is 1. The highest BCUT2D eigenvalue weighted by Gasteiger charge is 2.19. The number of esters is 1. The fraction of sp³-hybridized carbons (Fsp3) is 0.250. The van der Waals surface area contributed by atoms with Crippen molar-refractivity contribution in [3.63, 3.8) is 0 Å². The van der Waals surface area contributed by atoms with Crippen molar-refractivity contribution in [2.24, 2.45) is 0 Å². The molecular formula is C16H15N3O4S. The van der Waals surface area contributed by atoms with Gasteiger partial charge in [-0.1, -0.05) is 11.3 Å². The van der Waals surface area contributed by atoms with Gasteiger partial charge in [-0.3, -0.25) is 10.1 Å². The Balaban J connectivity index is 1.78. The fourth-order valence-electron chi connectivity index (χ4n) is 2.08. The van der Waals surface area contributed by atoms with Gasteiger partial charge in [0, 0.05) is 5.56 Å².